The first-order chi connectivity index (χ1) is 16.4. The van der Waals surface area contributed by atoms with Crippen LogP contribution in [0.15, 0.2) is 43.1 Å². The van der Waals surface area contributed by atoms with Gasteiger partial charge in [0.05, 0.1) is 41.7 Å². The number of anilines is 1. The Morgan fingerprint density at radius 2 is 1.94 bits per heavy atom. The molecule has 2 bridgehead atoms. The number of rotatable bonds is 1. The average Bonchev–Trinajstić information content (AvgIpc) is 3.34. The largest absolute Gasteiger partial charge is 0.475 e. The molecule has 0 saturated heterocycles. The highest BCUT2D eigenvalue weighted by molar-refractivity contribution is 5.83. The van der Waals surface area contributed by atoms with Crippen molar-refractivity contribution in [1.82, 2.24) is 24.3 Å². The molecule has 34 heavy (non-hydrogen) atoms. The molecular weight excluding hydrogens is 428 g/mol. The van der Waals surface area contributed by atoms with E-state index in [2.05, 4.69) is 53.6 Å². The van der Waals surface area contributed by atoms with Crippen molar-refractivity contribution in [2.45, 2.75) is 33.2 Å². The number of nitrogens with one attached hydrogen (secondary N) is 1. The zero-order valence-electron chi connectivity index (χ0n) is 20.1. The maximum absolute atomic E-state index is 6.04. The minimum absolute atomic E-state index is 0.422. The van der Waals surface area contributed by atoms with Crippen LogP contribution < -0.4 is 10.1 Å². The lowest BCUT2D eigenvalue weighted by molar-refractivity contribution is 0.0924. The van der Waals surface area contributed by atoms with Gasteiger partial charge in [0.25, 0.3) is 0 Å². The van der Waals surface area contributed by atoms with Crippen LogP contribution in [0, 0.1) is 6.92 Å². The molecule has 1 aliphatic heterocycles. The molecule has 0 fully saturated rings. The summed E-state index contributed by atoms with van der Waals surface area (Å²) in [4.78, 5) is 9.61. The fraction of sp³-hybridized carbons (Fsp3) is 0.346. The number of hydrogen-bond acceptors (Lipinski definition) is 6. The van der Waals surface area contributed by atoms with Crippen LogP contribution in [0.1, 0.15) is 36.6 Å². The standard InChI is InChI=1S/C26H30N6O2/c1-16(2)19-6-7-22-24(14-19)32-8-9-33-10-11-34-25-21(15-27-31(25)5)23-13-20(12-17(3)28-23)18(4)29-26(32)30-22/h6-7,12-16H,4,8-11H2,1-3,5H3,(H,29,30). The molecule has 0 saturated carbocycles. The van der Waals surface area contributed by atoms with Crippen molar-refractivity contribution in [3.8, 4) is 17.1 Å². The molecule has 8 nitrogen and oxygen atoms in total. The Morgan fingerprint density at radius 1 is 1.09 bits per heavy atom. The number of aromatic nitrogens is 5. The van der Waals surface area contributed by atoms with Crippen molar-refractivity contribution >= 4 is 22.7 Å². The van der Waals surface area contributed by atoms with Gasteiger partial charge in [-0.2, -0.15) is 5.10 Å². The number of imidazole rings is 1. The summed E-state index contributed by atoms with van der Waals surface area (Å²) in [5, 5.41) is 7.83. The van der Waals surface area contributed by atoms with Crippen LogP contribution in [0.5, 0.6) is 5.88 Å². The second-order valence-corrected chi connectivity index (χ2v) is 8.92. The highest BCUT2D eigenvalue weighted by atomic mass is 16.5. The maximum Gasteiger partial charge on any atom is 0.221 e. The third-order valence-corrected chi connectivity index (χ3v) is 6.09. The van der Waals surface area contributed by atoms with E-state index in [0.29, 0.717) is 38.2 Å². The van der Waals surface area contributed by atoms with Crippen LogP contribution in [-0.2, 0) is 18.3 Å². The highest BCUT2D eigenvalue weighted by Gasteiger charge is 2.18. The Kier molecular flexibility index (Phi) is 5.83. The molecule has 176 valence electrons. The number of ether oxygens (including phenoxy) is 2. The summed E-state index contributed by atoms with van der Waals surface area (Å²) in [7, 11) is 1.86. The lowest BCUT2D eigenvalue weighted by Gasteiger charge is -2.14. The van der Waals surface area contributed by atoms with E-state index in [-0.39, 0.29) is 0 Å². The Balaban J connectivity index is 1.59. The molecule has 8 heteroatoms. The topological polar surface area (TPSA) is 79.0 Å². The average molecular weight is 459 g/mol. The van der Waals surface area contributed by atoms with Crippen LogP contribution in [0.4, 0.5) is 5.95 Å². The predicted molar refractivity (Wildman–Crippen MR) is 134 cm³/mol. The van der Waals surface area contributed by atoms with Gasteiger partial charge in [0, 0.05) is 30.5 Å². The molecule has 1 aliphatic rings. The van der Waals surface area contributed by atoms with Crippen molar-refractivity contribution in [2.75, 3.05) is 25.1 Å². The second kappa shape index (κ2) is 8.95. The summed E-state index contributed by atoms with van der Waals surface area (Å²) in [5.41, 5.74) is 7.48. The fourth-order valence-electron chi connectivity index (χ4n) is 4.24. The first-order valence-electron chi connectivity index (χ1n) is 11.6. The third kappa shape index (κ3) is 4.17. The molecule has 0 aliphatic carbocycles. The van der Waals surface area contributed by atoms with Gasteiger partial charge in [-0.1, -0.05) is 26.5 Å². The molecule has 4 heterocycles. The molecule has 0 spiro atoms. The van der Waals surface area contributed by atoms with Crippen LogP contribution in [0.2, 0.25) is 0 Å². The molecule has 4 aromatic rings. The Bertz CT molecular complexity index is 1370. The Morgan fingerprint density at radius 3 is 2.76 bits per heavy atom. The summed E-state index contributed by atoms with van der Waals surface area (Å²) in [6.45, 7) is 12.8. The molecule has 0 amide bonds. The van der Waals surface area contributed by atoms with Gasteiger partial charge in [0.1, 0.15) is 6.61 Å². The van der Waals surface area contributed by atoms with E-state index in [4.69, 9.17) is 19.4 Å². The minimum atomic E-state index is 0.422. The van der Waals surface area contributed by atoms with Gasteiger partial charge in [-0.15, -0.1) is 0 Å². The van der Waals surface area contributed by atoms with Crippen LogP contribution >= 0.6 is 0 Å². The van der Waals surface area contributed by atoms with Gasteiger partial charge in [-0.05, 0) is 42.7 Å². The van der Waals surface area contributed by atoms with Crippen LogP contribution in [0.25, 0.3) is 28.0 Å². The molecule has 0 radical (unpaired) electrons. The maximum atomic E-state index is 6.04. The first kappa shape index (κ1) is 22.2. The van der Waals surface area contributed by atoms with E-state index in [1.807, 2.05) is 26.1 Å². The Labute approximate surface area is 199 Å². The summed E-state index contributed by atoms with van der Waals surface area (Å²) in [5.74, 6) is 1.85. The van der Waals surface area contributed by atoms with Gasteiger partial charge in [0.15, 0.2) is 0 Å². The molecule has 0 unspecified atom stereocenters. The number of nitrogens with zero attached hydrogens (tertiary/aromatic N) is 5. The normalized spacial score (nSPS) is 14.7. The number of aryl methyl sites for hydroxylation is 2. The van der Waals surface area contributed by atoms with Crippen molar-refractivity contribution in [3.63, 3.8) is 0 Å². The summed E-state index contributed by atoms with van der Waals surface area (Å²) >= 11 is 0. The molecule has 3 aromatic heterocycles. The van der Waals surface area contributed by atoms with Crippen molar-refractivity contribution in [2.24, 2.45) is 7.05 Å². The number of pyridine rings is 1. The van der Waals surface area contributed by atoms with E-state index >= 15 is 0 Å². The zero-order valence-corrected chi connectivity index (χ0v) is 20.1. The van der Waals surface area contributed by atoms with Gasteiger partial charge in [-0.3, -0.25) is 4.98 Å². The molecule has 5 rings (SSSR count). The highest BCUT2D eigenvalue weighted by Crippen LogP contribution is 2.31. The monoisotopic (exact) mass is 458 g/mol. The Hall–Kier alpha value is -3.65. The van der Waals surface area contributed by atoms with Crippen molar-refractivity contribution < 1.29 is 9.47 Å². The van der Waals surface area contributed by atoms with Gasteiger partial charge in [-0.25, -0.2) is 9.67 Å². The van der Waals surface area contributed by atoms with Gasteiger partial charge >= 0.3 is 0 Å². The molecule has 1 aromatic carbocycles. The molecular formula is C26H30N6O2. The number of benzene rings is 1. The van der Waals surface area contributed by atoms with Gasteiger partial charge < -0.3 is 19.4 Å². The zero-order chi connectivity index (χ0) is 23.8. The smallest absolute Gasteiger partial charge is 0.221 e. The lowest BCUT2D eigenvalue weighted by atomic mass is 10.0. The van der Waals surface area contributed by atoms with E-state index in [1.165, 1.54) is 5.56 Å². The van der Waals surface area contributed by atoms with E-state index in [0.717, 1.165) is 45.2 Å². The summed E-state index contributed by atoms with van der Waals surface area (Å²) in [6, 6.07) is 10.5. The third-order valence-electron chi connectivity index (χ3n) is 6.09. The SMILES string of the molecule is C=C1Nc2nc3ccc(C(C)C)cc3n2CCOCCOc2c(cnn2C)-c2cc1cc(C)n2. The first-order valence-corrected chi connectivity index (χ1v) is 11.6. The predicted octanol–water partition coefficient (Wildman–Crippen LogP) is 4.76. The number of fused-ring (bicyclic) bond motifs is 7. The minimum Gasteiger partial charge on any atom is -0.475 e. The molecule has 1 N–H and O–H groups in total. The van der Waals surface area contributed by atoms with Gasteiger partial charge in [0.2, 0.25) is 11.8 Å². The molecule has 0 atom stereocenters. The van der Waals surface area contributed by atoms with Crippen LogP contribution in [0.3, 0.4) is 0 Å². The summed E-state index contributed by atoms with van der Waals surface area (Å²) in [6.07, 6.45) is 1.78. The summed E-state index contributed by atoms with van der Waals surface area (Å²) < 4.78 is 15.8. The second-order valence-electron chi connectivity index (χ2n) is 8.92. The fourth-order valence-corrected chi connectivity index (χ4v) is 4.24. The quantitative estimate of drug-likeness (QED) is 0.443. The lowest BCUT2D eigenvalue weighted by Crippen LogP contribution is -2.14. The number of hydrogen-bond donors (Lipinski definition) is 1. The van der Waals surface area contributed by atoms with E-state index in [1.54, 1.807) is 10.9 Å². The van der Waals surface area contributed by atoms with Crippen molar-refractivity contribution in [3.05, 3.63) is 59.9 Å². The van der Waals surface area contributed by atoms with E-state index in [9.17, 15) is 0 Å². The van der Waals surface area contributed by atoms with E-state index < -0.39 is 0 Å². The van der Waals surface area contributed by atoms with Crippen LogP contribution in [-0.4, -0.2) is 44.1 Å². The van der Waals surface area contributed by atoms with Crippen molar-refractivity contribution in [1.29, 1.82) is 0 Å².